The molecule has 182 valence electrons. The molecular weight excluding hydrogens is 470 g/mol. The first kappa shape index (κ1) is 23.9. The molecule has 0 radical (unpaired) electrons. The minimum atomic E-state index is -0.0883. The van der Waals surface area contributed by atoms with Crippen molar-refractivity contribution >= 4 is 23.4 Å². The maximum Gasteiger partial charge on any atom is 0.234 e. The second-order valence-corrected chi connectivity index (χ2v) is 9.81. The molecule has 3 aromatic carbocycles. The number of rotatable bonds is 6. The lowest BCUT2D eigenvalue weighted by atomic mass is 10.0. The maximum atomic E-state index is 12.8. The van der Waals surface area contributed by atoms with Gasteiger partial charge < -0.3 is 14.8 Å². The van der Waals surface area contributed by atoms with Gasteiger partial charge >= 0.3 is 0 Å². The number of ether oxygens (including phenoxy) is 2. The first-order valence-electron chi connectivity index (χ1n) is 11.7. The highest BCUT2D eigenvalue weighted by molar-refractivity contribution is 8.00. The number of benzene rings is 3. The van der Waals surface area contributed by atoms with Crippen LogP contribution in [0, 0.1) is 20.8 Å². The first-order chi connectivity index (χ1) is 17.4. The molecule has 0 unspecified atom stereocenters. The summed E-state index contributed by atoms with van der Waals surface area (Å²) in [4.78, 5) is 22.4. The van der Waals surface area contributed by atoms with E-state index in [2.05, 4.69) is 18.3 Å². The average Bonchev–Trinajstić information content (AvgIpc) is 2.89. The molecule has 0 saturated heterocycles. The van der Waals surface area contributed by atoms with Crippen LogP contribution in [0.2, 0.25) is 0 Å². The van der Waals surface area contributed by atoms with Gasteiger partial charge in [0.05, 0.1) is 18.4 Å². The zero-order valence-corrected chi connectivity index (χ0v) is 21.5. The second-order valence-electron chi connectivity index (χ2n) is 8.84. The number of nitrogens with one attached hydrogen (secondary N) is 1. The maximum absolute atomic E-state index is 12.8. The predicted molar refractivity (Wildman–Crippen MR) is 143 cm³/mol. The molecule has 5 rings (SSSR count). The largest absolute Gasteiger partial charge is 0.497 e. The van der Waals surface area contributed by atoms with Gasteiger partial charge in [0, 0.05) is 17.7 Å². The van der Waals surface area contributed by atoms with Crippen molar-refractivity contribution in [1.29, 1.82) is 0 Å². The van der Waals surface area contributed by atoms with Crippen LogP contribution < -0.4 is 14.8 Å². The highest BCUT2D eigenvalue weighted by Gasteiger charge is 2.25. The van der Waals surface area contributed by atoms with Crippen molar-refractivity contribution in [2.75, 3.05) is 18.2 Å². The van der Waals surface area contributed by atoms with Gasteiger partial charge in [-0.2, -0.15) is 4.98 Å². The van der Waals surface area contributed by atoms with Crippen LogP contribution in [0.4, 0.5) is 5.69 Å². The third-order valence-corrected chi connectivity index (χ3v) is 7.29. The van der Waals surface area contributed by atoms with E-state index in [0.717, 1.165) is 50.0 Å². The van der Waals surface area contributed by atoms with E-state index in [1.807, 2.05) is 68.4 Å². The Balaban J connectivity index is 1.44. The van der Waals surface area contributed by atoms with Crippen LogP contribution in [-0.4, -0.2) is 28.7 Å². The number of anilines is 1. The van der Waals surface area contributed by atoms with Crippen molar-refractivity contribution in [2.45, 2.75) is 32.2 Å². The molecule has 1 aromatic heterocycles. The third-order valence-electron chi connectivity index (χ3n) is 6.27. The van der Waals surface area contributed by atoms with E-state index >= 15 is 0 Å². The van der Waals surface area contributed by atoms with E-state index in [4.69, 9.17) is 19.4 Å². The quantitative estimate of drug-likeness (QED) is 0.213. The van der Waals surface area contributed by atoms with Crippen molar-refractivity contribution in [2.24, 2.45) is 0 Å². The van der Waals surface area contributed by atoms with Gasteiger partial charge in [0.25, 0.3) is 0 Å². The molecule has 1 aliphatic rings. The number of aromatic nitrogens is 2. The Morgan fingerprint density at radius 2 is 1.81 bits per heavy atom. The summed E-state index contributed by atoms with van der Waals surface area (Å²) in [5.74, 6) is 2.82. The first-order valence-corrected chi connectivity index (χ1v) is 12.7. The van der Waals surface area contributed by atoms with Crippen LogP contribution in [0.3, 0.4) is 0 Å². The number of carbonyl (C=O) groups excluding carboxylic acids is 1. The molecule has 0 fully saturated rings. The Morgan fingerprint density at radius 3 is 2.56 bits per heavy atom. The number of amides is 1. The summed E-state index contributed by atoms with van der Waals surface area (Å²) in [6.07, 6.45) is 0.649. The molecule has 6 nitrogen and oxygen atoms in total. The average molecular weight is 498 g/mol. The lowest BCUT2D eigenvalue weighted by molar-refractivity contribution is -0.113. The highest BCUT2D eigenvalue weighted by Crippen LogP contribution is 2.41. The lowest BCUT2D eigenvalue weighted by Crippen LogP contribution is -2.15. The minimum Gasteiger partial charge on any atom is -0.497 e. The normalized spacial score (nSPS) is 11.8. The van der Waals surface area contributed by atoms with E-state index in [9.17, 15) is 4.79 Å². The van der Waals surface area contributed by atoms with Crippen molar-refractivity contribution in [1.82, 2.24) is 9.97 Å². The topological polar surface area (TPSA) is 73.3 Å². The lowest BCUT2D eigenvalue weighted by Gasteiger charge is -2.23. The predicted octanol–water partition coefficient (Wildman–Crippen LogP) is 6.50. The number of thioether (sulfide) groups is 1. The number of hydrogen-bond donors (Lipinski definition) is 1. The minimum absolute atomic E-state index is 0.0883. The van der Waals surface area contributed by atoms with E-state index in [-0.39, 0.29) is 11.7 Å². The monoisotopic (exact) mass is 497 g/mol. The number of carbonyl (C=O) groups is 1. The molecule has 0 saturated carbocycles. The summed E-state index contributed by atoms with van der Waals surface area (Å²) in [5.41, 5.74) is 7.01. The van der Waals surface area contributed by atoms with E-state index in [1.165, 1.54) is 17.3 Å². The molecule has 4 aromatic rings. The Bertz CT molecular complexity index is 1450. The van der Waals surface area contributed by atoms with Gasteiger partial charge in [-0.25, -0.2) is 4.98 Å². The molecule has 7 heteroatoms. The number of methoxy groups -OCH3 is 1. The second kappa shape index (κ2) is 10.0. The summed E-state index contributed by atoms with van der Waals surface area (Å²) < 4.78 is 11.6. The Kier molecular flexibility index (Phi) is 6.65. The van der Waals surface area contributed by atoms with Crippen LogP contribution in [0.25, 0.3) is 11.4 Å². The Hall–Kier alpha value is -3.84. The van der Waals surface area contributed by atoms with Crippen LogP contribution >= 0.6 is 11.8 Å². The fourth-order valence-corrected chi connectivity index (χ4v) is 4.93. The molecule has 0 spiro atoms. The van der Waals surface area contributed by atoms with Gasteiger partial charge in [-0.05, 0) is 79.4 Å². The number of fused-ring (bicyclic) bond motifs is 2. The SMILES string of the molecule is COc1ccc(-c2nc3c(c(SCC(=O)Nc4ccc(C)c(C)c4)n2)Cc2cccc(C)c2O3)cc1. The Labute approximate surface area is 215 Å². The van der Waals surface area contributed by atoms with E-state index in [0.29, 0.717) is 18.1 Å². The number of para-hydroxylation sites is 1. The van der Waals surface area contributed by atoms with Crippen molar-refractivity contribution in [3.8, 4) is 28.8 Å². The van der Waals surface area contributed by atoms with Gasteiger partial charge in [-0.15, -0.1) is 0 Å². The smallest absolute Gasteiger partial charge is 0.234 e. The van der Waals surface area contributed by atoms with Gasteiger partial charge in [0.2, 0.25) is 11.8 Å². The zero-order valence-electron chi connectivity index (χ0n) is 20.7. The summed E-state index contributed by atoms with van der Waals surface area (Å²) in [7, 11) is 1.63. The molecule has 0 aliphatic carbocycles. The van der Waals surface area contributed by atoms with Gasteiger partial charge in [-0.1, -0.05) is 36.0 Å². The van der Waals surface area contributed by atoms with E-state index in [1.54, 1.807) is 7.11 Å². The molecule has 0 atom stereocenters. The fraction of sp³-hybridized carbons (Fsp3) is 0.207. The van der Waals surface area contributed by atoms with Crippen molar-refractivity contribution in [3.63, 3.8) is 0 Å². The van der Waals surface area contributed by atoms with Crippen molar-refractivity contribution in [3.05, 3.63) is 88.5 Å². The fourth-order valence-electron chi connectivity index (χ4n) is 4.10. The Morgan fingerprint density at radius 1 is 1.00 bits per heavy atom. The molecule has 1 N–H and O–H groups in total. The zero-order chi connectivity index (χ0) is 25.2. The third kappa shape index (κ3) is 4.93. The molecular formula is C29H27N3O3S. The van der Waals surface area contributed by atoms with Crippen LogP contribution in [0.1, 0.15) is 27.8 Å². The van der Waals surface area contributed by atoms with Gasteiger partial charge in [0.1, 0.15) is 16.5 Å². The number of nitrogens with zero attached hydrogens (tertiary/aromatic N) is 2. The molecule has 36 heavy (non-hydrogen) atoms. The highest BCUT2D eigenvalue weighted by atomic mass is 32.2. The van der Waals surface area contributed by atoms with Gasteiger partial charge in [0.15, 0.2) is 5.82 Å². The van der Waals surface area contributed by atoms with Crippen LogP contribution in [0.15, 0.2) is 65.7 Å². The number of hydrogen-bond acceptors (Lipinski definition) is 6. The number of aryl methyl sites for hydroxylation is 3. The molecule has 1 amide bonds. The van der Waals surface area contributed by atoms with E-state index < -0.39 is 0 Å². The molecule has 2 heterocycles. The summed E-state index contributed by atoms with van der Waals surface area (Å²) in [5, 5.41) is 3.74. The van der Waals surface area contributed by atoms with Crippen LogP contribution in [-0.2, 0) is 11.2 Å². The van der Waals surface area contributed by atoms with Crippen molar-refractivity contribution < 1.29 is 14.3 Å². The summed E-state index contributed by atoms with van der Waals surface area (Å²) in [6, 6.07) is 19.6. The molecule has 0 bridgehead atoms. The van der Waals surface area contributed by atoms with Gasteiger partial charge in [-0.3, -0.25) is 4.79 Å². The summed E-state index contributed by atoms with van der Waals surface area (Å²) >= 11 is 1.40. The standard InChI is InChI=1S/C29H27N3O3S/c1-17-8-11-22(14-19(17)3)30-25(33)16-36-29-24-15-21-7-5-6-18(2)26(21)35-28(24)31-27(32-29)20-9-12-23(34-4)13-10-20/h5-14H,15-16H2,1-4H3,(H,30,33). The molecule has 1 aliphatic heterocycles. The summed E-state index contributed by atoms with van der Waals surface area (Å²) in [6.45, 7) is 6.12. The van der Waals surface area contributed by atoms with Crippen LogP contribution in [0.5, 0.6) is 17.4 Å².